The van der Waals surface area contributed by atoms with Crippen LogP contribution in [0.15, 0.2) is 18.5 Å². The molecule has 1 amide bonds. The van der Waals surface area contributed by atoms with Gasteiger partial charge in [-0.15, -0.1) is 0 Å². The third kappa shape index (κ3) is 3.68. The van der Waals surface area contributed by atoms with Crippen LogP contribution in [0.25, 0.3) is 0 Å². The maximum Gasteiger partial charge on any atom is 0.274 e. The molecule has 2 aliphatic heterocycles. The van der Waals surface area contributed by atoms with E-state index in [0.717, 1.165) is 50.5 Å². The summed E-state index contributed by atoms with van der Waals surface area (Å²) in [5.74, 6) is 2.64. The van der Waals surface area contributed by atoms with Crippen molar-refractivity contribution < 1.29 is 9.53 Å². The molecule has 0 radical (unpaired) electrons. The van der Waals surface area contributed by atoms with Gasteiger partial charge in [0.15, 0.2) is 5.69 Å². The van der Waals surface area contributed by atoms with Gasteiger partial charge in [0.25, 0.3) is 5.91 Å². The molecule has 0 spiro atoms. The highest BCUT2D eigenvalue weighted by molar-refractivity contribution is 5.92. The molecule has 0 bridgehead atoms. The number of fused-ring (bicyclic) bond motifs is 1. The summed E-state index contributed by atoms with van der Waals surface area (Å²) in [6.45, 7) is 2.98. The standard InChI is InChI=1S/C21H29N7O2/c1-25(2)18-13-19(23-14-22-18)28(15-4-5-15)16-6-9-26(10-7-16)21(29)17-12-20-27(24-17)8-3-11-30-20/h12-16H,3-11H2,1-2H3. The zero-order valence-electron chi connectivity index (χ0n) is 17.7. The van der Waals surface area contributed by atoms with Crippen molar-refractivity contribution in [2.75, 3.05) is 43.6 Å². The molecule has 2 fully saturated rings. The Morgan fingerprint density at radius 3 is 2.47 bits per heavy atom. The van der Waals surface area contributed by atoms with Crippen molar-refractivity contribution in [1.82, 2.24) is 24.6 Å². The molecule has 1 aliphatic carbocycles. The van der Waals surface area contributed by atoms with Crippen LogP contribution in [0, 0.1) is 0 Å². The van der Waals surface area contributed by atoms with E-state index in [1.807, 2.05) is 23.9 Å². The zero-order chi connectivity index (χ0) is 20.7. The largest absolute Gasteiger partial charge is 0.478 e. The Labute approximate surface area is 176 Å². The van der Waals surface area contributed by atoms with Crippen LogP contribution >= 0.6 is 0 Å². The second kappa shape index (κ2) is 7.77. The predicted octanol–water partition coefficient (Wildman–Crippen LogP) is 1.80. The smallest absolute Gasteiger partial charge is 0.274 e. The maximum absolute atomic E-state index is 13.0. The van der Waals surface area contributed by atoms with Crippen molar-refractivity contribution in [2.24, 2.45) is 0 Å². The van der Waals surface area contributed by atoms with Crippen molar-refractivity contribution in [3.8, 4) is 5.88 Å². The number of anilines is 2. The van der Waals surface area contributed by atoms with Crippen molar-refractivity contribution in [3.05, 3.63) is 24.2 Å². The van der Waals surface area contributed by atoms with Crippen molar-refractivity contribution in [2.45, 2.75) is 50.7 Å². The Morgan fingerprint density at radius 1 is 1.03 bits per heavy atom. The minimum absolute atomic E-state index is 0.00820. The molecule has 0 atom stereocenters. The van der Waals surface area contributed by atoms with Gasteiger partial charge in [-0.05, 0) is 25.7 Å². The summed E-state index contributed by atoms with van der Waals surface area (Å²) in [5, 5.41) is 4.46. The summed E-state index contributed by atoms with van der Waals surface area (Å²) >= 11 is 0. The molecule has 2 aromatic heterocycles. The number of amides is 1. The molecule has 9 heteroatoms. The molecule has 0 aromatic carbocycles. The van der Waals surface area contributed by atoms with Crippen LogP contribution in [-0.2, 0) is 6.54 Å². The number of aromatic nitrogens is 4. The van der Waals surface area contributed by atoms with Crippen LogP contribution in [0.4, 0.5) is 11.6 Å². The van der Waals surface area contributed by atoms with Crippen molar-refractivity contribution >= 4 is 17.5 Å². The molecule has 4 heterocycles. The van der Waals surface area contributed by atoms with E-state index in [4.69, 9.17) is 4.74 Å². The Morgan fingerprint density at radius 2 is 1.77 bits per heavy atom. The average Bonchev–Trinajstić information content (AvgIpc) is 3.50. The Hall–Kier alpha value is -2.84. The van der Waals surface area contributed by atoms with Crippen LogP contribution in [0.5, 0.6) is 5.88 Å². The third-order valence-electron chi connectivity index (χ3n) is 6.17. The molecule has 5 rings (SSSR count). The monoisotopic (exact) mass is 411 g/mol. The lowest BCUT2D eigenvalue weighted by Gasteiger charge is -2.39. The number of likely N-dealkylation sites (tertiary alicyclic amines) is 1. The molecule has 9 nitrogen and oxygen atoms in total. The molecular weight excluding hydrogens is 382 g/mol. The highest BCUT2D eigenvalue weighted by Crippen LogP contribution is 2.36. The Bertz CT molecular complexity index is 892. The van der Waals surface area contributed by atoms with E-state index in [2.05, 4.69) is 26.0 Å². The molecule has 1 saturated heterocycles. The highest BCUT2D eigenvalue weighted by atomic mass is 16.5. The minimum Gasteiger partial charge on any atom is -0.478 e. The fraction of sp³-hybridized carbons (Fsp3) is 0.619. The molecule has 2 aromatic rings. The highest BCUT2D eigenvalue weighted by Gasteiger charge is 2.37. The fourth-order valence-corrected chi connectivity index (χ4v) is 4.43. The molecule has 0 N–H and O–H groups in total. The van der Waals surface area contributed by atoms with Crippen LogP contribution in [0.3, 0.4) is 0 Å². The lowest BCUT2D eigenvalue weighted by molar-refractivity contribution is 0.0705. The Kier molecular flexibility index (Phi) is 4.96. The molecule has 1 saturated carbocycles. The van der Waals surface area contributed by atoms with Gasteiger partial charge in [-0.3, -0.25) is 4.79 Å². The van der Waals surface area contributed by atoms with Gasteiger partial charge in [0.1, 0.15) is 18.0 Å². The number of piperidine rings is 1. The van der Waals surface area contributed by atoms with Crippen molar-refractivity contribution in [3.63, 3.8) is 0 Å². The SMILES string of the molecule is CN(C)c1cc(N(C2CC2)C2CCN(C(=O)c3cc4n(n3)CCCO4)CC2)ncn1. The first-order chi connectivity index (χ1) is 14.6. The van der Waals surface area contributed by atoms with Crippen LogP contribution in [0.2, 0.25) is 0 Å². The lowest BCUT2D eigenvalue weighted by atomic mass is 10.0. The normalized spacial score (nSPS) is 19.2. The quantitative estimate of drug-likeness (QED) is 0.742. The predicted molar refractivity (Wildman–Crippen MR) is 113 cm³/mol. The van der Waals surface area contributed by atoms with Crippen LogP contribution in [0.1, 0.15) is 42.6 Å². The van der Waals surface area contributed by atoms with E-state index < -0.39 is 0 Å². The molecule has 160 valence electrons. The van der Waals surface area contributed by atoms with Gasteiger partial charge >= 0.3 is 0 Å². The fourth-order valence-electron chi connectivity index (χ4n) is 4.43. The summed E-state index contributed by atoms with van der Waals surface area (Å²) < 4.78 is 7.41. The first-order valence-electron chi connectivity index (χ1n) is 10.9. The summed E-state index contributed by atoms with van der Waals surface area (Å²) in [6, 6.07) is 4.81. The third-order valence-corrected chi connectivity index (χ3v) is 6.17. The van der Waals surface area contributed by atoms with E-state index in [-0.39, 0.29) is 5.91 Å². The summed E-state index contributed by atoms with van der Waals surface area (Å²) in [6.07, 6.45) is 6.88. The van der Waals surface area contributed by atoms with Crippen LogP contribution in [-0.4, -0.2) is 76.4 Å². The van der Waals surface area contributed by atoms with Gasteiger partial charge in [0.05, 0.1) is 6.61 Å². The number of carbonyl (C=O) groups excluding carboxylic acids is 1. The Balaban J connectivity index is 1.27. The van der Waals surface area contributed by atoms with Gasteiger partial charge < -0.3 is 19.4 Å². The molecule has 30 heavy (non-hydrogen) atoms. The number of aryl methyl sites for hydroxylation is 1. The van der Waals surface area contributed by atoms with Crippen LogP contribution < -0.4 is 14.5 Å². The number of rotatable bonds is 5. The second-order valence-corrected chi connectivity index (χ2v) is 8.58. The average molecular weight is 412 g/mol. The number of nitrogens with zero attached hydrogens (tertiary/aromatic N) is 7. The minimum atomic E-state index is 0.00820. The second-order valence-electron chi connectivity index (χ2n) is 8.58. The molecule has 0 unspecified atom stereocenters. The summed E-state index contributed by atoms with van der Waals surface area (Å²) in [7, 11) is 3.99. The number of hydrogen-bond donors (Lipinski definition) is 0. The summed E-state index contributed by atoms with van der Waals surface area (Å²) in [4.78, 5) is 28.3. The first-order valence-corrected chi connectivity index (χ1v) is 10.9. The van der Waals surface area contributed by atoms with E-state index in [0.29, 0.717) is 30.3 Å². The van der Waals surface area contributed by atoms with E-state index >= 15 is 0 Å². The van der Waals surface area contributed by atoms with Gasteiger partial charge in [0, 0.05) is 64.4 Å². The topological polar surface area (TPSA) is 79.6 Å². The number of ether oxygens (including phenoxy) is 1. The molecule has 3 aliphatic rings. The van der Waals surface area contributed by atoms with Gasteiger partial charge in [-0.25, -0.2) is 14.6 Å². The van der Waals surface area contributed by atoms with E-state index in [9.17, 15) is 4.79 Å². The number of hydrogen-bond acceptors (Lipinski definition) is 7. The maximum atomic E-state index is 13.0. The van der Waals surface area contributed by atoms with E-state index in [1.165, 1.54) is 12.8 Å². The van der Waals surface area contributed by atoms with Gasteiger partial charge in [-0.2, -0.15) is 5.10 Å². The zero-order valence-corrected chi connectivity index (χ0v) is 17.7. The lowest BCUT2D eigenvalue weighted by Crippen LogP contribution is -2.48. The molecular formula is C21H29N7O2. The van der Waals surface area contributed by atoms with E-state index in [1.54, 1.807) is 17.1 Å². The first kappa shape index (κ1) is 19.1. The van der Waals surface area contributed by atoms with Gasteiger partial charge in [0.2, 0.25) is 5.88 Å². The van der Waals surface area contributed by atoms with Crippen molar-refractivity contribution in [1.29, 1.82) is 0 Å². The summed E-state index contributed by atoms with van der Waals surface area (Å²) in [5.41, 5.74) is 0.496. The van der Waals surface area contributed by atoms with Gasteiger partial charge in [-0.1, -0.05) is 0 Å². The number of carbonyl (C=O) groups is 1.